The average Bonchev–Trinajstić information content (AvgIpc) is 1.38. The topological polar surface area (TPSA) is 92.6 Å². The molecule has 0 heterocycles. The Hall–Kier alpha value is 1.92. The molecule has 0 unspecified atom stereocenters. The summed E-state index contributed by atoms with van der Waals surface area (Å²) in [6.45, 7) is 0. The molecule has 0 amide bonds. The molecule has 0 aromatic carbocycles. The average molecular weight is 158 g/mol. The molecule has 37 valence electrons. The molecule has 3 N–H and O–H groups in total. The number of nitrogens with zero attached hydrogens (tertiary/aromatic N) is 1. The minimum Gasteiger partial charge on any atom is -0.470 e. The van der Waals surface area contributed by atoms with Gasteiger partial charge in [0.15, 0.2) is 6.07 Å². The van der Waals surface area contributed by atoms with Crippen molar-refractivity contribution in [3.05, 3.63) is 0 Å². The van der Waals surface area contributed by atoms with E-state index in [-0.39, 0.29) is 94.1 Å². The summed E-state index contributed by atoms with van der Waals surface area (Å²) in [6.07, 6.45) is 0. The molecule has 4 nitrogen and oxygen atoms in total. The number of hydrogen-bond acceptors (Lipinski definition) is 2. The fourth-order valence-electron chi connectivity index (χ4n) is 0. The van der Waals surface area contributed by atoms with Crippen LogP contribution in [0.3, 0.4) is 0 Å². The van der Waals surface area contributed by atoms with Gasteiger partial charge in [-0.2, -0.15) is 5.26 Å². The Morgan fingerprint density at radius 2 is 1.44 bits per heavy atom. The molecule has 0 aliphatic heterocycles. The van der Waals surface area contributed by atoms with Crippen LogP contribution in [0, 0.1) is 11.3 Å². The van der Waals surface area contributed by atoms with E-state index in [1.165, 1.54) is 0 Å². The maximum absolute atomic E-state index is 9.01. The van der Waals surface area contributed by atoms with Crippen LogP contribution in [0.4, 0.5) is 0 Å². The minimum atomic E-state index is -1.44. The summed E-state index contributed by atoms with van der Waals surface area (Å²) in [5, 5.41) is 14.7. The van der Waals surface area contributed by atoms with Gasteiger partial charge in [-0.05, 0) is 0 Å². The van der Waals surface area contributed by atoms with Crippen molar-refractivity contribution in [2.24, 2.45) is 0 Å². The maximum atomic E-state index is 9.01. The van der Waals surface area contributed by atoms with Crippen LogP contribution in [0.1, 0.15) is 0 Å². The second-order valence-corrected chi connectivity index (χ2v) is 0.417. The standard InChI is InChI=1S/C2HNO2.3Na.H2O/c3-1-2(4)5;;;;/h(H,4,5);;;;1H2. The molecule has 0 aliphatic carbocycles. The Labute approximate surface area is 119 Å². The summed E-state index contributed by atoms with van der Waals surface area (Å²) in [6, 6.07) is 0.944. The number of nitriles is 1. The third-order valence-corrected chi connectivity index (χ3v) is 0.0956. The summed E-state index contributed by atoms with van der Waals surface area (Å²) in [7, 11) is 0. The van der Waals surface area contributed by atoms with Crippen molar-refractivity contribution < 1.29 is 15.4 Å². The van der Waals surface area contributed by atoms with Gasteiger partial charge in [-0.15, -0.1) is 0 Å². The zero-order chi connectivity index (χ0) is 4.28. The van der Waals surface area contributed by atoms with Crippen molar-refractivity contribution >= 4 is 94.6 Å². The molecule has 0 spiro atoms. The summed E-state index contributed by atoms with van der Waals surface area (Å²) >= 11 is 0. The van der Waals surface area contributed by atoms with Gasteiger partial charge in [0, 0.05) is 88.7 Å². The third kappa shape index (κ3) is 40.5. The van der Waals surface area contributed by atoms with Gasteiger partial charge in [0.05, 0.1) is 0 Å². The summed E-state index contributed by atoms with van der Waals surface area (Å²) in [5.74, 6) is -1.44. The van der Waals surface area contributed by atoms with E-state index in [1.54, 1.807) is 0 Å². The van der Waals surface area contributed by atoms with Gasteiger partial charge in [0.25, 0.3) is 0 Å². The smallest absolute Gasteiger partial charge is 0.408 e. The fraction of sp³-hybridized carbons (Fsp3) is 0. The first-order valence-corrected chi connectivity index (χ1v) is 0.901. The van der Waals surface area contributed by atoms with Crippen LogP contribution < -0.4 is 0 Å². The number of aliphatic carboxylic acids is 1. The SMILES string of the molecule is N#CC(=O)O.O.[Na].[Na].[Na]. The zero-order valence-corrected chi connectivity index (χ0v) is 11.8. The fourth-order valence-corrected chi connectivity index (χ4v) is 0. The molecular formula is C2H3NNa3O3. The first kappa shape index (κ1) is 30.7. The Morgan fingerprint density at radius 3 is 1.44 bits per heavy atom. The second-order valence-electron chi connectivity index (χ2n) is 0.417. The van der Waals surface area contributed by atoms with E-state index in [9.17, 15) is 0 Å². The van der Waals surface area contributed by atoms with E-state index < -0.39 is 5.97 Å². The van der Waals surface area contributed by atoms with Gasteiger partial charge in [0.1, 0.15) is 0 Å². The number of carbonyl (C=O) groups is 1. The molecule has 0 aromatic heterocycles. The minimum absolute atomic E-state index is 0. The first-order chi connectivity index (χ1) is 2.27. The van der Waals surface area contributed by atoms with E-state index in [0.717, 1.165) is 6.07 Å². The summed E-state index contributed by atoms with van der Waals surface area (Å²) in [5.41, 5.74) is 0. The van der Waals surface area contributed by atoms with Gasteiger partial charge < -0.3 is 10.6 Å². The Bertz CT molecular complexity index is 89.5. The molecule has 0 rings (SSSR count). The predicted octanol–water partition coefficient (Wildman–Crippen LogP) is -2.37. The van der Waals surface area contributed by atoms with Crippen molar-refractivity contribution in [1.82, 2.24) is 0 Å². The predicted molar refractivity (Wildman–Crippen MR) is 34.1 cm³/mol. The van der Waals surface area contributed by atoms with Crippen molar-refractivity contribution in [2.45, 2.75) is 0 Å². The van der Waals surface area contributed by atoms with Crippen molar-refractivity contribution in [3.63, 3.8) is 0 Å². The van der Waals surface area contributed by atoms with E-state index in [0.29, 0.717) is 0 Å². The van der Waals surface area contributed by atoms with Crippen molar-refractivity contribution in [2.75, 3.05) is 0 Å². The molecule has 0 fully saturated rings. The van der Waals surface area contributed by atoms with Crippen LogP contribution in [-0.2, 0) is 4.79 Å². The first-order valence-electron chi connectivity index (χ1n) is 0.901. The second kappa shape index (κ2) is 22.5. The molecule has 0 aromatic rings. The number of carboxylic acid groups (broad SMARTS) is 1. The van der Waals surface area contributed by atoms with Gasteiger partial charge >= 0.3 is 5.97 Å². The zero-order valence-electron chi connectivity index (χ0n) is 5.80. The Balaban J connectivity index is -0.0000000133. The number of hydrogen-bond donors (Lipinski definition) is 1. The van der Waals surface area contributed by atoms with Gasteiger partial charge in [-0.25, -0.2) is 4.79 Å². The molecule has 0 bridgehead atoms. The molecular weight excluding hydrogens is 155 g/mol. The van der Waals surface area contributed by atoms with E-state index in [1.807, 2.05) is 0 Å². The Kier molecular flexibility index (Phi) is 76.7. The largest absolute Gasteiger partial charge is 0.470 e. The molecule has 9 heavy (non-hydrogen) atoms. The number of carboxylic acids is 1. The van der Waals surface area contributed by atoms with Crippen LogP contribution in [0.5, 0.6) is 0 Å². The van der Waals surface area contributed by atoms with Crippen LogP contribution in [0.2, 0.25) is 0 Å². The van der Waals surface area contributed by atoms with Gasteiger partial charge in [-0.1, -0.05) is 0 Å². The van der Waals surface area contributed by atoms with E-state index in [4.69, 9.17) is 15.2 Å². The van der Waals surface area contributed by atoms with Crippen LogP contribution in [0.25, 0.3) is 0 Å². The van der Waals surface area contributed by atoms with E-state index >= 15 is 0 Å². The molecule has 0 atom stereocenters. The molecule has 0 saturated heterocycles. The van der Waals surface area contributed by atoms with Crippen LogP contribution in [-0.4, -0.2) is 105 Å². The molecule has 0 saturated carbocycles. The molecule has 7 heteroatoms. The normalized spacial score (nSPS) is 3.00. The van der Waals surface area contributed by atoms with Gasteiger partial charge in [0.2, 0.25) is 0 Å². The van der Waals surface area contributed by atoms with Crippen LogP contribution in [0.15, 0.2) is 0 Å². The van der Waals surface area contributed by atoms with Gasteiger partial charge in [-0.3, -0.25) is 0 Å². The monoisotopic (exact) mass is 158 g/mol. The maximum Gasteiger partial charge on any atom is 0.408 e. The molecule has 0 aliphatic rings. The van der Waals surface area contributed by atoms with Crippen molar-refractivity contribution in [3.8, 4) is 6.07 Å². The Morgan fingerprint density at radius 1 is 1.33 bits per heavy atom. The summed E-state index contributed by atoms with van der Waals surface area (Å²) < 4.78 is 0. The van der Waals surface area contributed by atoms with Crippen molar-refractivity contribution in [1.29, 1.82) is 5.26 Å². The molecule has 3 radical (unpaired) electrons. The van der Waals surface area contributed by atoms with E-state index in [2.05, 4.69) is 0 Å². The quantitative estimate of drug-likeness (QED) is 0.242. The third-order valence-electron chi connectivity index (χ3n) is 0.0956. The number of rotatable bonds is 0. The summed E-state index contributed by atoms with van der Waals surface area (Å²) in [4.78, 5) is 9.01. The van der Waals surface area contributed by atoms with Crippen LogP contribution >= 0.6 is 0 Å².